The number of hydrogen-bond acceptors (Lipinski definition) is 7. The fraction of sp³-hybridized carbons (Fsp3) is 0.600. The van der Waals surface area contributed by atoms with Gasteiger partial charge in [-0.25, -0.2) is 9.97 Å². The van der Waals surface area contributed by atoms with E-state index in [9.17, 15) is 0 Å². The normalized spacial score (nSPS) is 21.7. The van der Waals surface area contributed by atoms with E-state index in [1.54, 1.807) is 6.33 Å². The lowest BCUT2D eigenvalue weighted by molar-refractivity contribution is -0.0977. The highest BCUT2D eigenvalue weighted by Crippen LogP contribution is 2.28. The summed E-state index contributed by atoms with van der Waals surface area (Å²) in [5.41, 5.74) is 2.11. The topological polar surface area (TPSA) is 60.0 Å². The van der Waals surface area contributed by atoms with E-state index in [2.05, 4.69) is 38.0 Å². The fourth-order valence-corrected chi connectivity index (χ4v) is 3.65. The number of fused-ring (bicyclic) bond motifs is 1. The first-order chi connectivity index (χ1) is 13.2. The summed E-state index contributed by atoms with van der Waals surface area (Å²) in [5, 5.41) is 0.971. The van der Waals surface area contributed by atoms with Crippen molar-refractivity contribution in [1.29, 1.82) is 0 Å². The third-order valence-corrected chi connectivity index (χ3v) is 5.01. The van der Waals surface area contributed by atoms with Gasteiger partial charge in [0, 0.05) is 38.4 Å². The molecule has 27 heavy (non-hydrogen) atoms. The number of benzene rings is 1. The minimum atomic E-state index is 0.0845. The van der Waals surface area contributed by atoms with E-state index in [-0.39, 0.29) is 12.2 Å². The molecule has 0 bridgehead atoms. The Morgan fingerprint density at radius 1 is 1.15 bits per heavy atom. The van der Waals surface area contributed by atoms with Gasteiger partial charge in [-0.3, -0.25) is 4.90 Å². The highest BCUT2D eigenvalue weighted by molar-refractivity contribution is 5.86. The molecule has 2 aromatic rings. The van der Waals surface area contributed by atoms with E-state index < -0.39 is 0 Å². The molecule has 0 N–H and O–H groups in total. The summed E-state index contributed by atoms with van der Waals surface area (Å²) in [4.78, 5) is 13.6. The summed E-state index contributed by atoms with van der Waals surface area (Å²) in [6.45, 7) is 11.2. The molecule has 3 heterocycles. The van der Waals surface area contributed by atoms with E-state index in [1.807, 2.05) is 13.8 Å². The Hall–Kier alpha value is -1.96. The number of rotatable bonds is 5. The van der Waals surface area contributed by atoms with Crippen LogP contribution in [0.3, 0.4) is 0 Å². The summed E-state index contributed by atoms with van der Waals surface area (Å²) in [6, 6.07) is 6.35. The van der Waals surface area contributed by atoms with E-state index in [0.717, 1.165) is 50.2 Å². The van der Waals surface area contributed by atoms with Crippen LogP contribution in [0.2, 0.25) is 0 Å². The number of nitrogens with zero attached hydrogens (tertiary/aromatic N) is 4. The summed E-state index contributed by atoms with van der Waals surface area (Å²) in [7, 11) is 0. The van der Waals surface area contributed by atoms with Crippen molar-refractivity contribution in [2.24, 2.45) is 0 Å². The van der Waals surface area contributed by atoms with Crippen molar-refractivity contribution in [2.75, 3.05) is 57.4 Å². The van der Waals surface area contributed by atoms with Crippen molar-refractivity contribution >= 4 is 16.6 Å². The quantitative estimate of drug-likeness (QED) is 0.795. The zero-order valence-corrected chi connectivity index (χ0v) is 16.1. The summed E-state index contributed by atoms with van der Waals surface area (Å²) in [6.07, 6.45) is 1.86. The zero-order valence-electron chi connectivity index (χ0n) is 16.1. The van der Waals surface area contributed by atoms with Crippen molar-refractivity contribution in [1.82, 2.24) is 14.9 Å². The lowest BCUT2D eigenvalue weighted by Crippen LogP contribution is -2.50. The number of piperazine rings is 1. The predicted octanol–water partition coefficient (Wildman–Crippen LogP) is 1.95. The van der Waals surface area contributed by atoms with E-state index >= 15 is 0 Å². The molecule has 146 valence electrons. The molecule has 1 atom stereocenters. The minimum absolute atomic E-state index is 0.0845. The molecule has 0 saturated carbocycles. The second-order valence-electron chi connectivity index (χ2n) is 7.40. The van der Waals surface area contributed by atoms with Gasteiger partial charge in [0.15, 0.2) is 0 Å². The predicted molar refractivity (Wildman–Crippen MR) is 105 cm³/mol. The van der Waals surface area contributed by atoms with Gasteiger partial charge in [0.05, 0.1) is 42.9 Å². The molecular formula is C20H28N4O3. The van der Waals surface area contributed by atoms with Gasteiger partial charge >= 0.3 is 0 Å². The van der Waals surface area contributed by atoms with Crippen LogP contribution in [0.15, 0.2) is 24.5 Å². The van der Waals surface area contributed by atoms with Gasteiger partial charge in [0.25, 0.3) is 0 Å². The van der Waals surface area contributed by atoms with Gasteiger partial charge in [0.1, 0.15) is 6.33 Å². The molecule has 2 aliphatic rings. The van der Waals surface area contributed by atoms with Crippen LogP contribution in [0.5, 0.6) is 5.88 Å². The standard InChI is InChI=1S/C20H28N4O3/c1-15(2)27-20-18-11-16(3-4-19(18)21-14-22-20)24-7-5-23(6-8-24)12-17-13-25-9-10-26-17/h3-4,11,14-15,17H,5-10,12-13H2,1-2H3. The van der Waals surface area contributed by atoms with Crippen LogP contribution in [0.25, 0.3) is 10.9 Å². The monoisotopic (exact) mass is 372 g/mol. The molecule has 0 aliphatic carbocycles. The molecule has 1 unspecified atom stereocenters. The minimum Gasteiger partial charge on any atom is -0.474 e. The second-order valence-corrected chi connectivity index (χ2v) is 7.40. The number of anilines is 1. The Balaban J connectivity index is 1.42. The smallest absolute Gasteiger partial charge is 0.224 e. The van der Waals surface area contributed by atoms with Crippen LogP contribution in [0.1, 0.15) is 13.8 Å². The van der Waals surface area contributed by atoms with Crippen molar-refractivity contribution in [3.05, 3.63) is 24.5 Å². The third kappa shape index (κ3) is 4.48. The van der Waals surface area contributed by atoms with Crippen molar-refractivity contribution in [3.63, 3.8) is 0 Å². The lowest BCUT2D eigenvalue weighted by atomic mass is 10.1. The Kier molecular flexibility index (Phi) is 5.71. The molecule has 1 aromatic carbocycles. The molecule has 2 saturated heterocycles. The van der Waals surface area contributed by atoms with Crippen LogP contribution in [-0.4, -0.2) is 79.6 Å². The van der Waals surface area contributed by atoms with E-state index in [0.29, 0.717) is 19.1 Å². The molecule has 7 nitrogen and oxygen atoms in total. The Bertz CT molecular complexity index is 756. The molecule has 2 fully saturated rings. The maximum atomic E-state index is 5.87. The van der Waals surface area contributed by atoms with Gasteiger partial charge < -0.3 is 19.1 Å². The maximum Gasteiger partial charge on any atom is 0.224 e. The van der Waals surface area contributed by atoms with Crippen molar-refractivity contribution < 1.29 is 14.2 Å². The zero-order chi connectivity index (χ0) is 18.6. The first-order valence-corrected chi connectivity index (χ1v) is 9.77. The van der Waals surface area contributed by atoms with Crippen LogP contribution >= 0.6 is 0 Å². The van der Waals surface area contributed by atoms with Crippen LogP contribution in [0, 0.1) is 0 Å². The average Bonchev–Trinajstić information content (AvgIpc) is 2.69. The first kappa shape index (κ1) is 18.4. The highest BCUT2D eigenvalue weighted by Gasteiger charge is 2.23. The molecule has 0 spiro atoms. The van der Waals surface area contributed by atoms with Gasteiger partial charge in [0.2, 0.25) is 5.88 Å². The third-order valence-electron chi connectivity index (χ3n) is 5.01. The Morgan fingerprint density at radius 2 is 2.00 bits per heavy atom. The molecule has 0 radical (unpaired) electrons. The molecule has 7 heteroatoms. The highest BCUT2D eigenvalue weighted by atomic mass is 16.6. The SMILES string of the molecule is CC(C)Oc1ncnc2ccc(N3CCN(CC4COCCO4)CC3)cc12. The van der Waals surface area contributed by atoms with Crippen LogP contribution < -0.4 is 9.64 Å². The molecule has 0 amide bonds. The largest absolute Gasteiger partial charge is 0.474 e. The summed E-state index contributed by atoms with van der Waals surface area (Å²) < 4.78 is 17.2. The average molecular weight is 372 g/mol. The number of hydrogen-bond donors (Lipinski definition) is 0. The van der Waals surface area contributed by atoms with Crippen LogP contribution in [-0.2, 0) is 9.47 Å². The Labute approximate surface area is 160 Å². The summed E-state index contributed by atoms with van der Waals surface area (Å²) in [5.74, 6) is 0.657. The first-order valence-electron chi connectivity index (χ1n) is 9.77. The lowest BCUT2D eigenvalue weighted by Gasteiger charge is -2.38. The van der Waals surface area contributed by atoms with E-state index in [4.69, 9.17) is 14.2 Å². The maximum absolute atomic E-state index is 5.87. The number of ether oxygens (including phenoxy) is 3. The molecular weight excluding hydrogens is 344 g/mol. The summed E-state index contributed by atoms with van der Waals surface area (Å²) >= 11 is 0. The van der Waals surface area contributed by atoms with Gasteiger partial charge in [-0.1, -0.05) is 0 Å². The van der Waals surface area contributed by atoms with Crippen LogP contribution in [0.4, 0.5) is 5.69 Å². The van der Waals surface area contributed by atoms with Crippen molar-refractivity contribution in [3.8, 4) is 5.88 Å². The second kappa shape index (κ2) is 8.37. The molecule has 2 aliphatic heterocycles. The number of aromatic nitrogens is 2. The van der Waals surface area contributed by atoms with Gasteiger partial charge in [-0.2, -0.15) is 0 Å². The molecule has 4 rings (SSSR count). The fourth-order valence-electron chi connectivity index (χ4n) is 3.65. The van der Waals surface area contributed by atoms with Gasteiger partial charge in [-0.05, 0) is 32.0 Å². The Morgan fingerprint density at radius 3 is 2.74 bits per heavy atom. The molecule has 1 aromatic heterocycles. The van der Waals surface area contributed by atoms with Crippen molar-refractivity contribution in [2.45, 2.75) is 26.1 Å². The van der Waals surface area contributed by atoms with Gasteiger partial charge in [-0.15, -0.1) is 0 Å². The van der Waals surface area contributed by atoms with E-state index in [1.165, 1.54) is 5.69 Å².